The maximum atomic E-state index is 6.08. The largest absolute Gasteiger partial charge is 0.387 e. The van der Waals surface area contributed by atoms with E-state index >= 15 is 0 Å². The number of nitrogens with one attached hydrogen (secondary N) is 2. The Morgan fingerprint density at radius 3 is 3.00 bits per heavy atom. The van der Waals surface area contributed by atoms with Crippen LogP contribution in [-0.4, -0.2) is 32.7 Å². The fraction of sp³-hybridized carbons (Fsp3) is 0.500. The molecule has 1 aromatic rings. The molecule has 2 N–H and O–H groups in total. The fourth-order valence-electron chi connectivity index (χ4n) is 2.11. The van der Waals surface area contributed by atoms with Crippen LogP contribution in [0.4, 0.5) is 11.4 Å². The van der Waals surface area contributed by atoms with E-state index in [9.17, 15) is 0 Å². The molecule has 0 radical (unpaired) electrons. The predicted molar refractivity (Wildman–Crippen MR) is 70.7 cm³/mol. The lowest BCUT2D eigenvalue weighted by molar-refractivity contribution is 0.501. The molecular formula is C12H18ClN3. The monoisotopic (exact) mass is 239 g/mol. The summed E-state index contributed by atoms with van der Waals surface area (Å²) < 4.78 is 0. The average molecular weight is 240 g/mol. The Balaban J connectivity index is 2.25. The van der Waals surface area contributed by atoms with Crippen molar-refractivity contribution in [3.63, 3.8) is 0 Å². The Labute approximate surface area is 102 Å². The second-order valence-electron chi connectivity index (χ2n) is 4.16. The third kappa shape index (κ3) is 2.25. The van der Waals surface area contributed by atoms with E-state index in [4.69, 9.17) is 11.6 Å². The van der Waals surface area contributed by atoms with Gasteiger partial charge in [-0.05, 0) is 25.1 Å². The summed E-state index contributed by atoms with van der Waals surface area (Å²) in [5, 5.41) is 7.28. The van der Waals surface area contributed by atoms with Crippen molar-refractivity contribution in [1.29, 1.82) is 0 Å². The van der Waals surface area contributed by atoms with Crippen LogP contribution >= 0.6 is 11.6 Å². The lowest BCUT2D eigenvalue weighted by Gasteiger charge is -2.36. The third-order valence-electron chi connectivity index (χ3n) is 3.05. The van der Waals surface area contributed by atoms with E-state index < -0.39 is 0 Å². The van der Waals surface area contributed by atoms with Gasteiger partial charge in [0.25, 0.3) is 0 Å². The SMILES string of the molecule is CNc1cc(N2CCNC[C@@H]2C)ccc1Cl. The second kappa shape index (κ2) is 4.93. The highest BCUT2D eigenvalue weighted by Crippen LogP contribution is 2.28. The van der Waals surface area contributed by atoms with Crippen molar-refractivity contribution in [2.75, 3.05) is 36.9 Å². The van der Waals surface area contributed by atoms with Crippen molar-refractivity contribution in [3.8, 4) is 0 Å². The molecule has 88 valence electrons. The van der Waals surface area contributed by atoms with Crippen molar-refractivity contribution in [3.05, 3.63) is 23.2 Å². The Kier molecular flexibility index (Phi) is 3.56. The smallest absolute Gasteiger partial charge is 0.0638 e. The van der Waals surface area contributed by atoms with Gasteiger partial charge in [-0.2, -0.15) is 0 Å². The van der Waals surface area contributed by atoms with Gasteiger partial charge in [0.05, 0.1) is 10.7 Å². The normalized spacial score (nSPS) is 20.9. The fourth-order valence-corrected chi connectivity index (χ4v) is 2.32. The topological polar surface area (TPSA) is 27.3 Å². The summed E-state index contributed by atoms with van der Waals surface area (Å²) in [5.74, 6) is 0. The highest BCUT2D eigenvalue weighted by Gasteiger charge is 2.18. The number of nitrogens with zero attached hydrogens (tertiary/aromatic N) is 1. The minimum Gasteiger partial charge on any atom is -0.387 e. The van der Waals surface area contributed by atoms with E-state index in [0.717, 1.165) is 30.3 Å². The Morgan fingerprint density at radius 2 is 2.31 bits per heavy atom. The molecular weight excluding hydrogens is 222 g/mol. The van der Waals surface area contributed by atoms with E-state index in [0.29, 0.717) is 6.04 Å². The average Bonchev–Trinajstić information content (AvgIpc) is 2.31. The summed E-state index contributed by atoms with van der Waals surface area (Å²) >= 11 is 6.08. The van der Waals surface area contributed by atoms with Gasteiger partial charge in [-0.3, -0.25) is 0 Å². The van der Waals surface area contributed by atoms with Crippen LogP contribution in [0.15, 0.2) is 18.2 Å². The van der Waals surface area contributed by atoms with Crippen molar-refractivity contribution < 1.29 is 0 Å². The van der Waals surface area contributed by atoms with Crippen LogP contribution in [-0.2, 0) is 0 Å². The van der Waals surface area contributed by atoms with E-state index in [1.54, 1.807) is 0 Å². The Hall–Kier alpha value is -0.930. The maximum absolute atomic E-state index is 6.08. The summed E-state index contributed by atoms with van der Waals surface area (Å²) in [4.78, 5) is 2.41. The van der Waals surface area contributed by atoms with Crippen molar-refractivity contribution in [2.24, 2.45) is 0 Å². The van der Waals surface area contributed by atoms with Gasteiger partial charge in [0.15, 0.2) is 0 Å². The van der Waals surface area contributed by atoms with Crippen LogP contribution in [0.25, 0.3) is 0 Å². The first-order valence-electron chi connectivity index (χ1n) is 5.67. The molecule has 0 spiro atoms. The number of rotatable bonds is 2. The van der Waals surface area contributed by atoms with Crippen molar-refractivity contribution in [1.82, 2.24) is 5.32 Å². The first-order chi connectivity index (χ1) is 7.72. The highest BCUT2D eigenvalue weighted by atomic mass is 35.5. The van der Waals surface area contributed by atoms with Crippen molar-refractivity contribution >= 4 is 23.0 Å². The lowest BCUT2D eigenvalue weighted by Crippen LogP contribution is -2.49. The minimum atomic E-state index is 0.527. The molecule has 1 aliphatic heterocycles. The number of anilines is 2. The lowest BCUT2D eigenvalue weighted by atomic mass is 10.1. The standard InChI is InChI=1S/C12H18ClN3/c1-9-8-15-5-6-16(9)10-3-4-11(13)12(7-10)14-2/h3-4,7,9,14-15H,5-6,8H2,1-2H3/t9-/m0/s1. The molecule has 2 rings (SSSR count). The Morgan fingerprint density at radius 1 is 1.50 bits per heavy atom. The molecule has 16 heavy (non-hydrogen) atoms. The molecule has 0 aliphatic carbocycles. The van der Waals surface area contributed by atoms with E-state index in [2.05, 4.69) is 34.6 Å². The number of piperazine rings is 1. The van der Waals surface area contributed by atoms with Gasteiger partial charge in [0.2, 0.25) is 0 Å². The molecule has 0 aromatic heterocycles. The zero-order valence-corrected chi connectivity index (χ0v) is 10.5. The third-order valence-corrected chi connectivity index (χ3v) is 3.38. The Bertz CT molecular complexity index is 367. The zero-order chi connectivity index (χ0) is 11.5. The van der Waals surface area contributed by atoms with E-state index in [1.165, 1.54) is 5.69 Å². The number of hydrogen-bond acceptors (Lipinski definition) is 3. The quantitative estimate of drug-likeness (QED) is 0.829. The van der Waals surface area contributed by atoms with E-state index in [1.807, 2.05) is 13.1 Å². The van der Waals surface area contributed by atoms with Gasteiger partial charge in [-0.15, -0.1) is 0 Å². The molecule has 4 heteroatoms. The van der Waals surface area contributed by atoms with Crippen LogP contribution in [0.3, 0.4) is 0 Å². The minimum absolute atomic E-state index is 0.527. The number of benzene rings is 1. The van der Waals surface area contributed by atoms with Crippen LogP contribution in [0.1, 0.15) is 6.92 Å². The van der Waals surface area contributed by atoms with Gasteiger partial charge < -0.3 is 15.5 Å². The van der Waals surface area contributed by atoms with Crippen molar-refractivity contribution in [2.45, 2.75) is 13.0 Å². The number of halogens is 1. The molecule has 1 aliphatic rings. The van der Waals surface area contributed by atoms with Crippen LogP contribution in [0.5, 0.6) is 0 Å². The van der Waals surface area contributed by atoms with Gasteiger partial charge in [-0.25, -0.2) is 0 Å². The molecule has 3 nitrogen and oxygen atoms in total. The van der Waals surface area contributed by atoms with Crippen LogP contribution < -0.4 is 15.5 Å². The molecule has 0 bridgehead atoms. The molecule has 1 aromatic carbocycles. The van der Waals surface area contributed by atoms with Gasteiger partial charge >= 0.3 is 0 Å². The first kappa shape index (κ1) is 11.6. The first-order valence-corrected chi connectivity index (χ1v) is 6.05. The second-order valence-corrected chi connectivity index (χ2v) is 4.57. The summed E-state index contributed by atoms with van der Waals surface area (Å²) in [6.45, 7) is 5.37. The molecule has 0 unspecified atom stereocenters. The molecule has 1 atom stereocenters. The molecule has 1 saturated heterocycles. The van der Waals surface area contributed by atoms with Crippen LogP contribution in [0, 0.1) is 0 Å². The predicted octanol–water partition coefficient (Wildman–Crippen LogP) is 2.18. The summed E-state index contributed by atoms with van der Waals surface area (Å²) in [6.07, 6.45) is 0. The summed E-state index contributed by atoms with van der Waals surface area (Å²) in [5.41, 5.74) is 2.23. The molecule has 0 saturated carbocycles. The molecule has 1 fully saturated rings. The van der Waals surface area contributed by atoms with E-state index in [-0.39, 0.29) is 0 Å². The van der Waals surface area contributed by atoms with Crippen LogP contribution in [0.2, 0.25) is 5.02 Å². The highest BCUT2D eigenvalue weighted by molar-refractivity contribution is 6.33. The van der Waals surface area contributed by atoms with Gasteiger partial charge in [-0.1, -0.05) is 11.6 Å². The summed E-state index contributed by atoms with van der Waals surface area (Å²) in [7, 11) is 1.90. The van der Waals surface area contributed by atoms with Gasteiger partial charge in [0, 0.05) is 38.4 Å². The molecule has 0 amide bonds. The van der Waals surface area contributed by atoms with Gasteiger partial charge in [0.1, 0.15) is 0 Å². The summed E-state index contributed by atoms with van der Waals surface area (Å²) in [6, 6.07) is 6.69. The molecule has 1 heterocycles. The maximum Gasteiger partial charge on any atom is 0.0638 e. The number of hydrogen-bond donors (Lipinski definition) is 2. The zero-order valence-electron chi connectivity index (χ0n) is 9.76.